The highest BCUT2D eigenvalue weighted by atomic mass is 35.5. The fourth-order valence-corrected chi connectivity index (χ4v) is 4.03. The zero-order chi connectivity index (χ0) is 24.7. The van der Waals surface area contributed by atoms with Crippen molar-refractivity contribution in [2.75, 3.05) is 18.1 Å². The molecule has 1 aliphatic rings. The molecule has 0 spiro atoms. The number of barbiturate groups is 1. The van der Waals surface area contributed by atoms with Gasteiger partial charge in [-0.2, -0.15) is 0 Å². The van der Waals surface area contributed by atoms with E-state index in [0.717, 1.165) is 30.6 Å². The molecule has 34 heavy (non-hydrogen) atoms. The Labute approximate surface area is 208 Å². The molecule has 7 nitrogen and oxygen atoms in total. The van der Waals surface area contributed by atoms with Gasteiger partial charge in [0.25, 0.3) is 11.8 Å². The third kappa shape index (κ3) is 6.10. The molecule has 2 aromatic rings. The van der Waals surface area contributed by atoms with Gasteiger partial charge in [0.1, 0.15) is 11.3 Å². The second-order valence-electron chi connectivity index (χ2n) is 7.61. The Morgan fingerprint density at radius 2 is 1.62 bits per heavy atom. The predicted molar refractivity (Wildman–Crippen MR) is 133 cm³/mol. The summed E-state index contributed by atoms with van der Waals surface area (Å²) in [5.74, 6) is -0.616. The SMILES string of the molecule is CCCCCCOc1c(Cl)cc(/C=C2\C(=O)NC(=O)N(c3ccc(OCC)cc3)C2=O)cc1Cl. The Balaban J connectivity index is 1.82. The number of nitrogens with zero attached hydrogens (tertiary/aromatic N) is 1. The highest BCUT2D eigenvalue weighted by Gasteiger charge is 2.36. The lowest BCUT2D eigenvalue weighted by Crippen LogP contribution is -2.54. The van der Waals surface area contributed by atoms with Crippen molar-refractivity contribution in [3.63, 3.8) is 0 Å². The summed E-state index contributed by atoms with van der Waals surface area (Å²) in [7, 11) is 0. The van der Waals surface area contributed by atoms with Crippen LogP contribution in [0.2, 0.25) is 10.0 Å². The summed E-state index contributed by atoms with van der Waals surface area (Å²) in [5.41, 5.74) is 0.494. The van der Waals surface area contributed by atoms with Gasteiger partial charge >= 0.3 is 6.03 Å². The highest BCUT2D eigenvalue weighted by Crippen LogP contribution is 2.35. The number of urea groups is 1. The minimum absolute atomic E-state index is 0.228. The number of anilines is 1. The number of imide groups is 2. The van der Waals surface area contributed by atoms with Crippen LogP contribution in [0.25, 0.3) is 6.08 Å². The number of amides is 4. The Morgan fingerprint density at radius 1 is 0.941 bits per heavy atom. The number of unbranched alkanes of at least 4 members (excludes halogenated alkanes) is 3. The molecule has 1 N–H and O–H groups in total. The Bertz CT molecular complexity index is 1080. The molecule has 3 rings (SSSR count). The quantitative estimate of drug-likeness (QED) is 0.243. The van der Waals surface area contributed by atoms with Crippen LogP contribution in [-0.4, -0.2) is 31.1 Å². The molecule has 0 radical (unpaired) electrons. The van der Waals surface area contributed by atoms with Crippen LogP contribution in [0.1, 0.15) is 45.1 Å². The van der Waals surface area contributed by atoms with Crippen LogP contribution in [0.4, 0.5) is 10.5 Å². The van der Waals surface area contributed by atoms with Gasteiger partial charge in [-0.15, -0.1) is 0 Å². The number of hydrogen-bond donors (Lipinski definition) is 1. The van der Waals surface area contributed by atoms with Crippen molar-refractivity contribution in [2.24, 2.45) is 0 Å². The summed E-state index contributed by atoms with van der Waals surface area (Å²) < 4.78 is 11.1. The van der Waals surface area contributed by atoms with E-state index in [-0.39, 0.29) is 15.6 Å². The number of nitrogens with one attached hydrogen (secondary N) is 1. The maximum atomic E-state index is 13.1. The maximum absolute atomic E-state index is 13.1. The summed E-state index contributed by atoms with van der Waals surface area (Å²) in [6, 6.07) is 8.69. The van der Waals surface area contributed by atoms with Crippen molar-refractivity contribution < 1.29 is 23.9 Å². The largest absolute Gasteiger partial charge is 0.494 e. The fraction of sp³-hybridized carbons (Fsp3) is 0.320. The Morgan fingerprint density at radius 3 is 2.24 bits per heavy atom. The van der Waals surface area contributed by atoms with Gasteiger partial charge < -0.3 is 9.47 Å². The molecule has 0 atom stereocenters. The molecule has 0 bridgehead atoms. The maximum Gasteiger partial charge on any atom is 0.335 e. The molecule has 1 fully saturated rings. The number of rotatable bonds is 10. The molecule has 1 saturated heterocycles. The lowest BCUT2D eigenvalue weighted by molar-refractivity contribution is -0.122. The fourth-order valence-electron chi connectivity index (χ4n) is 3.42. The number of halogens is 2. The second kappa shape index (κ2) is 11.9. The van der Waals surface area contributed by atoms with Crippen molar-refractivity contribution in [3.05, 3.63) is 57.6 Å². The van der Waals surface area contributed by atoms with E-state index in [1.54, 1.807) is 36.4 Å². The van der Waals surface area contributed by atoms with Crippen molar-refractivity contribution in [2.45, 2.75) is 39.5 Å². The Kier molecular flexibility index (Phi) is 8.96. The van der Waals surface area contributed by atoms with Crippen LogP contribution >= 0.6 is 23.2 Å². The number of hydrogen-bond acceptors (Lipinski definition) is 5. The van der Waals surface area contributed by atoms with E-state index < -0.39 is 17.8 Å². The topological polar surface area (TPSA) is 84.9 Å². The molecule has 9 heteroatoms. The molecule has 1 aliphatic heterocycles. The Hall–Kier alpha value is -3.03. The number of carbonyl (C=O) groups excluding carboxylic acids is 3. The van der Waals surface area contributed by atoms with Gasteiger partial charge in [-0.3, -0.25) is 14.9 Å². The van der Waals surface area contributed by atoms with Crippen molar-refractivity contribution in [1.29, 1.82) is 0 Å². The van der Waals surface area contributed by atoms with E-state index in [1.165, 1.54) is 6.08 Å². The average Bonchev–Trinajstić information content (AvgIpc) is 2.79. The van der Waals surface area contributed by atoms with Crippen LogP contribution in [0, 0.1) is 0 Å². The van der Waals surface area contributed by atoms with Gasteiger partial charge in [-0.25, -0.2) is 9.69 Å². The van der Waals surface area contributed by atoms with Gasteiger partial charge in [0.2, 0.25) is 0 Å². The normalized spacial score (nSPS) is 15.0. The van der Waals surface area contributed by atoms with Crippen LogP contribution in [0.15, 0.2) is 42.0 Å². The standard InChI is InChI=1S/C25H26Cl2N2O5/c1-3-5-6-7-12-34-22-20(26)14-16(15-21(22)27)13-19-23(30)28-25(32)29(24(19)31)17-8-10-18(11-9-17)33-4-2/h8-11,13-15H,3-7,12H2,1-2H3,(H,28,30,32)/b19-13+. The molecule has 180 valence electrons. The van der Waals surface area contributed by atoms with Crippen LogP contribution in [0.3, 0.4) is 0 Å². The number of ether oxygens (including phenoxy) is 2. The third-order valence-electron chi connectivity index (χ3n) is 5.08. The first-order valence-corrected chi connectivity index (χ1v) is 11.9. The molecule has 0 aliphatic carbocycles. The van der Waals surface area contributed by atoms with Gasteiger partial charge in [0.15, 0.2) is 5.75 Å². The minimum Gasteiger partial charge on any atom is -0.494 e. The summed E-state index contributed by atoms with van der Waals surface area (Å²) >= 11 is 12.7. The molecule has 0 unspecified atom stereocenters. The molecule has 1 heterocycles. The molecular weight excluding hydrogens is 479 g/mol. The third-order valence-corrected chi connectivity index (χ3v) is 5.65. The summed E-state index contributed by atoms with van der Waals surface area (Å²) in [6.45, 7) is 4.95. The van der Waals surface area contributed by atoms with E-state index in [1.807, 2.05) is 6.92 Å². The molecule has 0 saturated carbocycles. The first-order valence-electron chi connectivity index (χ1n) is 11.1. The molecule has 4 amide bonds. The highest BCUT2D eigenvalue weighted by molar-refractivity contribution is 6.40. The monoisotopic (exact) mass is 504 g/mol. The molecule has 0 aromatic heterocycles. The zero-order valence-electron chi connectivity index (χ0n) is 19.0. The average molecular weight is 505 g/mol. The number of benzene rings is 2. The van der Waals surface area contributed by atoms with E-state index in [2.05, 4.69) is 12.2 Å². The van der Waals surface area contributed by atoms with Crippen molar-refractivity contribution >= 4 is 52.8 Å². The number of carbonyl (C=O) groups is 3. The van der Waals surface area contributed by atoms with Crippen LogP contribution in [-0.2, 0) is 9.59 Å². The summed E-state index contributed by atoms with van der Waals surface area (Å²) in [6.07, 6.45) is 5.53. The first-order chi connectivity index (χ1) is 16.3. The predicted octanol–water partition coefficient (Wildman–Crippen LogP) is 6.02. The van der Waals surface area contributed by atoms with E-state index >= 15 is 0 Å². The smallest absolute Gasteiger partial charge is 0.335 e. The van der Waals surface area contributed by atoms with E-state index in [0.29, 0.717) is 36.0 Å². The second-order valence-corrected chi connectivity index (χ2v) is 8.42. The molecular formula is C25H26Cl2N2O5. The first kappa shape index (κ1) is 25.6. The van der Waals surface area contributed by atoms with Gasteiger partial charge in [0.05, 0.1) is 28.9 Å². The zero-order valence-corrected chi connectivity index (χ0v) is 20.5. The van der Waals surface area contributed by atoms with Crippen LogP contribution in [0.5, 0.6) is 11.5 Å². The van der Waals surface area contributed by atoms with Gasteiger partial charge in [-0.05, 0) is 61.4 Å². The van der Waals surface area contributed by atoms with Crippen molar-refractivity contribution in [3.8, 4) is 11.5 Å². The molecule has 2 aromatic carbocycles. The van der Waals surface area contributed by atoms with Gasteiger partial charge in [0, 0.05) is 0 Å². The summed E-state index contributed by atoms with van der Waals surface area (Å²) in [5, 5.41) is 2.71. The van der Waals surface area contributed by atoms with Crippen LogP contribution < -0.4 is 19.7 Å². The summed E-state index contributed by atoms with van der Waals surface area (Å²) in [4.78, 5) is 38.8. The van der Waals surface area contributed by atoms with E-state index in [9.17, 15) is 14.4 Å². The minimum atomic E-state index is -0.834. The van der Waals surface area contributed by atoms with E-state index in [4.69, 9.17) is 32.7 Å². The van der Waals surface area contributed by atoms with Gasteiger partial charge in [-0.1, -0.05) is 49.4 Å². The van der Waals surface area contributed by atoms with Crippen molar-refractivity contribution in [1.82, 2.24) is 5.32 Å². The lowest BCUT2D eigenvalue weighted by atomic mass is 10.1. The lowest BCUT2D eigenvalue weighted by Gasteiger charge is -2.26.